The molecule has 0 heterocycles. The van der Waals surface area contributed by atoms with E-state index in [0.717, 1.165) is 17.7 Å². The average molecular weight is 458 g/mol. The molecule has 3 N–H and O–H groups in total. The Morgan fingerprint density at radius 3 is 2.35 bits per heavy atom. The average Bonchev–Trinajstić information content (AvgIpc) is 2.71. The van der Waals surface area contributed by atoms with E-state index in [1.165, 1.54) is 25.3 Å². The predicted molar refractivity (Wildman–Crippen MR) is 104 cm³/mol. The van der Waals surface area contributed by atoms with E-state index in [-0.39, 0.29) is 28.5 Å². The number of esters is 1. The van der Waals surface area contributed by atoms with Gasteiger partial charge in [0.2, 0.25) is 10.0 Å². The monoisotopic (exact) mass is 458 g/mol. The number of hydrogen-bond acceptors (Lipinski definition) is 7. The van der Waals surface area contributed by atoms with E-state index in [9.17, 15) is 26.8 Å². The van der Waals surface area contributed by atoms with Crippen molar-refractivity contribution < 1.29 is 41.0 Å². The molecule has 1 amide bonds. The smallest absolute Gasteiger partial charge is 0.387 e. The number of hydrogen-bond donors (Lipinski definition) is 2. The van der Waals surface area contributed by atoms with Gasteiger partial charge in [-0.1, -0.05) is 12.1 Å². The molecule has 168 valence electrons. The number of rotatable bonds is 10. The molecule has 12 heteroatoms. The van der Waals surface area contributed by atoms with Crippen LogP contribution >= 0.6 is 0 Å². The third-order valence-corrected chi connectivity index (χ3v) is 4.87. The molecule has 0 aliphatic heterocycles. The molecule has 2 rings (SSSR count). The molecule has 0 aliphatic rings. The summed E-state index contributed by atoms with van der Waals surface area (Å²) >= 11 is 0. The molecule has 0 saturated carbocycles. The molecule has 0 aromatic heterocycles. The normalized spacial score (nSPS) is 11.1. The van der Waals surface area contributed by atoms with Crippen molar-refractivity contribution in [2.45, 2.75) is 17.9 Å². The molecule has 2 aromatic rings. The molecule has 31 heavy (non-hydrogen) atoms. The second-order valence-corrected chi connectivity index (χ2v) is 7.67. The first-order chi connectivity index (χ1) is 14.6. The van der Waals surface area contributed by atoms with Crippen LogP contribution in [-0.2, 0) is 26.0 Å². The van der Waals surface area contributed by atoms with Gasteiger partial charge in [0.15, 0.2) is 18.1 Å². The first kappa shape index (κ1) is 24.0. The molecule has 0 saturated heterocycles. The van der Waals surface area contributed by atoms with Gasteiger partial charge in [-0.05, 0) is 42.3 Å². The quantitative estimate of drug-likeness (QED) is 0.515. The van der Waals surface area contributed by atoms with E-state index in [0.29, 0.717) is 6.42 Å². The van der Waals surface area contributed by atoms with Gasteiger partial charge >= 0.3 is 12.6 Å². The lowest BCUT2D eigenvalue weighted by molar-refractivity contribution is -0.124. The Bertz CT molecular complexity index is 1030. The topological polar surface area (TPSA) is 134 Å². The van der Waals surface area contributed by atoms with E-state index >= 15 is 0 Å². The van der Waals surface area contributed by atoms with E-state index in [1.807, 2.05) is 0 Å². The van der Waals surface area contributed by atoms with Crippen molar-refractivity contribution in [3.05, 3.63) is 53.6 Å². The van der Waals surface area contributed by atoms with Crippen LogP contribution in [0.4, 0.5) is 8.78 Å². The van der Waals surface area contributed by atoms with E-state index in [2.05, 4.69) is 10.1 Å². The number of primary sulfonamides is 1. The van der Waals surface area contributed by atoms with Gasteiger partial charge in [0.05, 0.1) is 17.6 Å². The summed E-state index contributed by atoms with van der Waals surface area (Å²) in [5.41, 5.74) is 0.754. The minimum atomic E-state index is -3.77. The molecule has 0 unspecified atom stereocenters. The van der Waals surface area contributed by atoms with Crippen LogP contribution in [0.15, 0.2) is 47.4 Å². The Kier molecular flexibility index (Phi) is 8.28. The molecular formula is C19H20F2N2O7S. The molecule has 0 fully saturated rings. The Morgan fingerprint density at radius 2 is 1.77 bits per heavy atom. The van der Waals surface area contributed by atoms with Crippen LogP contribution in [0.1, 0.15) is 15.9 Å². The molecule has 0 bridgehead atoms. The first-order valence-electron chi connectivity index (χ1n) is 8.78. The summed E-state index contributed by atoms with van der Waals surface area (Å²) in [4.78, 5) is 23.9. The molecule has 0 radical (unpaired) electrons. The van der Waals surface area contributed by atoms with Gasteiger partial charge in [0.1, 0.15) is 0 Å². The van der Waals surface area contributed by atoms with E-state index < -0.39 is 35.1 Å². The number of benzene rings is 2. The summed E-state index contributed by atoms with van der Waals surface area (Å²) in [5.74, 6) is -1.74. The summed E-state index contributed by atoms with van der Waals surface area (Å²) in [7, 11) is -2.55. The number of alkyl halides is 2. The van der Waals surface area contributed by atoms with Crippen molar-refractivity contribution in [2.75, 3.05) is 20.3 Å². The predicted octanol–water partition coefficient (Wildman–Crippen LogP) is 1.46. The van der Waals surface area contributed by atoms with Crippen molar-refractivity contribution in [3.8, 4) is 11.5 Å². The highest BCUT2D eigenvalue weighted by molar-refractivity contribution is 7.89. The van der Waals surface area contributed by atoms with Crippen molar-refractivity contribution in [3.63, 3.8) is 0 Å². The molecule has 0 spiro atoms. The van der Waals surface area contributed by atoms with Crippen molar-refractivity contribution in [1.29, 1.82) is 0 Å². The zero-order valence-corrected chi connectivity index (χ0v) is 17.2. The van der Waals surface area contributed by atoms with Crippen molar-refractivity contribution in [2.24, 2.45) is 5.14 Å². The number of nitrogens with one attached hydrogen (secondary N) is 1. The lowest BCUT2D eigenvalue weighted by atomic mass is 10.1. The Morgan fingerprint density at radius 1 is 1.10 bits per heavy atom. The third-order valence-electron chi connectivity index (χ3n) is 3.94. The lowest BCUT2D eigenvalue weighted by Crippen LogP contribution is -2.30. The minimum Gasteiger partial charge on any atom is -0.493 e. The van der Waals surface area contributed by atoms with Crippen molar-refractivity contribution in [1.82, 2.24) is 5.32 Å². The van der Waals surface area contributed by atoms with Crippen LogP contribution in [0.5, 0.6) is 11.5 Å². The molecule has 9 nitrogen and oxygen atoms in total. The van der Waals surface area contributed by atoms with Gasteiger partial charge in [0.25, 0.3) is 5.91 Å². The molecular weight excluding hydrogens is 438 g/mol. The fraction of sp³-hybridized carbons (Fsp3) is 0.263. The number of nitrogens with two attached hydrogens (primary N) is 1. The standard InChI is InChI=1S/C19H20F2N2O7S/c1-28-16-10-13(4-7-15(16)30-19(20)21)18(25)29-11-17(24)23-9-8-12-2-5-14(6-3-12)31(22,26)27/h2-7,10,19H,8-9,11H2,1H3,(H,23,24)(H2,22,26,27). The van der Waals surface area contributed by atoms with Crippen LogP contribution in [0.25, 0.3) is 0 Å². The maximum atomic E-state index is 12.3. The number of carbonyl (C=O) groups is 2. The number of sulfonamides is 1. The largest absolute Gasteiger partial charge is 0.493 e. The molecule has 0 aliphatic carbocycles. The summed E-state index contributed by atoms with van der Waals surface area (Å²) in [6.45, 7) is -3.39. The zero-order chi connectivity index (χ0) is 23.0. The number of methoxy groups -OCH3 is 1. The van der Waals surface area contributed by atoms with E-state index in [4.69, 9.17) is 14.6 Å². The van der Waals surface area contributed by atoms with Gasteiger partial charge in [-0.25, -0.2) is 18.4 Å². The van der Waals surface area contributed by atoms with Gasteiger partial charge < -0.3 is 19.5 Å². The Hall–Kier alpha value is -3.25. The summed E-state index contributed by atoms with van der Waals surface area (Å²) in [5, 5.41) is 7.57. The number of carbonyl (C=O) groups excluding carboxylic acids is 2. The summed E-state index contributed by atoms with van der Waals surface area (Å²) in [6, 6.07) is 9.35. The third kappa shape index (κ3) is 7.50. The van der Waals surface area contributed by atoms with Crippen LogP contribution in [-0.4, -0.2) is 47.2 Å². The SMILES string of the molecule is COc1cc(C(=O)OCC(=O)NCCc2ccc(S(N)(=O)=O)cc2)ccc1OC(F)F. The number of halogens is 2. The fourth-order valence-corrected chi connectivity index (χ4v) is 2.96. The Balaban J connectivity index is 1.81. The van der Waals surface area contributed by atoms with Crippen LogP contribution in [0, 0.1) is 0 Å². The highest BCUT2D eigenvalue weighted by atomic mass is 32.2. The maximum absolute atomic E-state index is 12.3. The van der Waals surface area contributed by atoms with Crippen LogP contribution in [0.2, 0.25) is 0 Å². The van der Waals surface area contributed by atoms with Gasteiger partial charge in [0, 0.05) is 6.54 Å². The van der Waals surface area contributed by atoms with E-state index in [1.54, 1.807) is 12.1 Å². The van der Waals surface area contributed by atoms with Gasteiger partial charge in [-0.3, -0.25) is 4.79 Å². The highest BCUT2D eigenvalue weighted by Crippen LogP contribution is 2.29. The van der Waals surface area contributed by atoms with Gasteiger partial charge in [-0.15, -0.1) is 0 Å². The Labute approximate surface area is 177 Å². The van der Waals surface area contributed by atoms with Crippen LogP contribution in [0.3, 0.4) is 0 Å². The number of ether oxygens (including phenoxy) is 3. The van der Waals surface area contributed by atoms with Crippen molar-refractivity contribution >= 4 is 21.9 Å². The second kappa shape index (κ2) is 10.7. The summed E-state index contributed by atoms with van der Waals surface area (Å²) in [6.07, 6.45) is 0.410. The summed E-state index contributed by atoms with van der Waals surface area (Å²) < 4.78 is 61.1. The van der Waals surface area contributed by atoms with Crippen LogP contribution < -0.4 is 19.9 Å². The lowest BCUT2D eigenvalue weighted by Gasteiger charge is -2.11. The second-order valence-electron chi connectivity index (χ2n) is 6.11. The number of amides is 1. The molecule has 2 aromatic carbocycles. The molecule has 0 atom stereocenters. The minimum absolute atomic E-state index is 0.0128. The fourth-order valence-electron chi connectivity index (χ4n) is 2.45. The first-order valence-corrected chi connectivity index (χ1v) is 10.3. The highest BCUT2D eigenvalue weighted by Gasteiger charge is 2.16. The zero-order valence-electron chi connectivity index (χ0n) is 16.3. The van der Waals surface area contributed by atoms with Gasteiger partial charge in [-0.2, -0.15) is 8.78 Å². The maximum Gasteiger partial charge on any atom is 0.387 e.